The van der Waals surface area contributed by atoms with Crippen LogP contribution in [0.1, 0.15) is 20.8 Å². The van der Waals surface area contributed by atoms with Crippen molar-refractivity contribution in [2.75, 3.05) is 0 Å². The fourth-order valence-corrected chi connectivity index (χ4v) is 3.45. The van der Waals surface area contributed by atoms with Crippen molar-refractivity contribution >= 4 is 31.9 Å². The first-order valence-electron chi connectivity index (χ1n) is 5.55. The zero-order valence-electron chi connectivity index (χ0n) is 10.8. The number of nitrogens with one attached hydrogen (secondary N) is 1. The third-order valence-corrected chi connectivity index (χ3v) is 4.41. The largest absolute Gasteiger partial charge is 0.480 e. The highest BCUT2D eigenvalue weighted by molar-refractivity contribution is 9.10. The molecule has 5 nitrogen and oxygen atoms in total. The van der Waals surface area contributed by atoms with Gasteiger partial charge in [-0.25, -0.2) is 8.42 Å². The van der Waals surface area contributed by atoms with E-state index in [1.807, 2.05) is 0 Å². The molecule has 0 aliphatic heterocycles. The first kappa shape index (κ1) is 16.1. The van der Waals surface area contributed by atoms with E-state index in [2.05, 4.69) is 20.7 Å². The Morgan fingerprint density at radius 1 is 1.37 bits per heavy atom. The molecule has 0 radical (unpaired) electrons. The van der Waals surface area contributed by atoms with E-state index in [1.165, 1.54) is 12.1 Å². The van der Waals surface area contributed by atoms with Gasteiger partial charge in [0.15, 0.2) is 0 Å². The van der Waals surface area contributed by atoms with E-state index >= 15 is 0 Å². The highest BCUT2D eigenvalue weighted by Gasteiger charge is 2.35. The number of halogens is 1. The van der Waals surface area contributed by atoms with Crippen LogP contribution in [0.15, 0.2) is 33.6 Å². The van der Waals surface area contributed by atoms with Crippen LogP contribution >= 0.6 is 15.9 Å². The molecule has 1 atom stereocenters. The van der Waals surface area contributed by atoms with Gasteiger partial charge >= 0.3 is 5.97 Å². The Kier molecular flexibility index (Phi) is 4.76. The van der Waals surface area contributed by atoms with Gasteiger partial charge in [0, 0.05) is 4.47 Å². The van der Waals surface area contributed by atoms with Gasteiger partial charge in [0.2, 0.25) is 10.0 Å². The number of carbonyl (C=O) groups is 1. The quantitative estimate of drug-likeness (QED) is 0.872. The SMILES string of the molecule is CC(C)(C)[C@@H](NS(=O)(=O)c1cccc(Br)c1)C(=O)O. The lowest BCUT2D eigenvalue weighted by atomic mass is 9.88. The molecule has 0 saturated carbocycles. The molecule has 7 heteroatoms. The molecule has 19 heavy (non-hydrogen) atoms. The number of hydrogen-bond donors (Lipinski definition) is 2. The summed E-state index contributed by atoms with van der Waals surface area (Å²) in [7, 11) is -3.87. The van der Waals surface area contributed by atoms with E-state index in [0.717, 1.165) is 0 Å². The minimum absolute atomic E-state index is 0.0253. The molecule has 1 aromatic carbocycles. The maximum atomic E-state index is 12.2. The second-order valence-corrected chi connectivity index (χ2v) is 7.85. The van der Waals surface area contributed by atoms with Gasteiger partial charge in [-0.15, -0.1) is 0 Å². The lowest BCUT2D eigenvalue weighted by molar-refractivity contribution is -0.141. The summed E-state index contributed by atoms with van der Waals surface area (Å²) in [5.41, 5.74) is -0.731. The number of rotatable bonds is 4. The Bertz CT molecular complexity index is 578. The standard InChI is InChI=1S/C12H16BrNO4S/c1-12(2,3)10(11(15)16)14-19(17,18)9-6-4-5-8(13)7-9/h4-7,10,14H,1-3H3,(H,15,16)/t10-/m0/s1. The molecule has 2 N–H and O–H groups in total. The van der Waals surface area contributed by atoms with Crippen molar-refractivity contribution in [3.05, 3.63) is 28.7 Å². The number of sulfonamides is 1. The number of carboxylic acids is 1. The van der Waals surface area contributed by atoms with Crippen LogP contribution in [-0.2, 0) is 14.8 Å². The van der Waals surface area contributed by atoms with Gasteiger partial charge in [-0.05, 0) is 23.6 Å². The van der Waals surface area contributed by atoms with Crippen molar-refractivity contribution in [2.24, 2.45) is 5.41 Å². The van der Waals surface area contributed by atoms with E-state index < -0.39 is 27.4 Å². The molecular weight excluding hydrogens is 334 g/mol. The summed E-state index contributed by atoms with van der Waals surface area (Å²) in [6, 6.07) is 4.90. The van der Waals surface area contributed by atoms with Crippen LogP contribution in [0, 0.1) is 5.41 Å². The van der Waals surface area contributed by atoms with Gasteiger partial charge < -0.3 is 5.11 Å². The topological polar surface area (TPSA) is 83.5 Å². The Labute approximate surface area is 121 Å². The first-order valence-corrected chi connectivity index (χ1v) is 7.82. The number of benzene rings is 1. The predicted octanol–water partition coefficient (Wildman–Crippen LogP) is 2.23. The average molecular weight is 350 g/mol. The van der Waals surface area contributed by atoms with E-state index in [0.29, 0.717) is 4.47 Å². The summed E-state index contributed by atoms with van der Waals surface area (Å²) >= 11 is 3.18. The Morgan fingerprint density at radius 3 is 2.37 bits per heavy atom. The van der Waals surface area contributed by atoms with Crippen LogP contribution < -0.4 is 4.72 Å². The van der Waals surface area contributed by atoms with Gasteiger partial charge in [0.25, 0.3) is 0 Å². The summed E-state index contributed by atoms with van der Waals surface area (Å²) in [5.74, 6) is -1.20. The number of aliphatic carboxylic acids is 1. The van der Waals surface area contributed by atoms with E-state index in [-0.39, 0.29) is 4.90 Å². The van der Waals surface area contributed by atoms with Crippen LogP contribution in [0.5, 0.6) is 0 Å². The fraction of sp³-hybridized carbons (Fsp3) is 0.417. The van der Waals surface area contributed by atoms with Gasteiger partial charge in [0.1, 0.15) is 6.04 Å². The highest BCUT2D eigenvalue weighted by Crippen LogP contribution is 2.22. The summed E-state index contributed by atoms with van der Waals surface area (Å²) in [6.45, 7) is 4.99. The zero-order chi connectivity index (χ0) is 14.8. The summed E-state index contributed by atoms with van der Waals surface area (Å²) in [6.07, 6.45) is 0. The van der Waals surface area contributed by atoms with Crippen molar-refractivity contribution in [3.63, 3.8) is 0 Å². The van der Waals surface area contributed by atoms with Crippen molar-refractivity contribution in [1.29, 1.82) is 0 Å². The van der Waals surface area contributed by atoms with Crippen LogP contribution in [0.3, 0.4) is 0 Å². The third-order valence-electron chi connectivity index (χ3n) is 2.49. The summed E-state index contributed by atoms with van der Waals surface area (Å²) in [5, 5.41) is 9.14. The normalized spacial score (nSPS) is 14.1. The molecule has 0 heterocycles. The average Bonchev–Trinajstić information content (AvgIpc) is 2.24. The maximum absolute atomic E-state index is 12.2. The van der Waals surface area contributed by atoms with Crippen molar-refractivity contribution in [3.8, 4) is 0 Å². The third kappa shape index (κ3) is 4.29. The molecule has 0 fully saturated rings. The lowest BCUT2D eigenvalue weighted by Gasteiger charge is -2.27. The minimum atomic E-state index is -3.87. The first-order chi connectivity index (χ1) is 8.54. The molecule has 0 amide bonds. The molecule has 106 valence electrons. The number of hydrogen-bond acceptors (Lipinski definition) is 3. The van der Waals surface area contributed by atoms with Gasteiger partial charge in [-0.1, -0.05) is 42.8 Å². The molecule has 0 unspecified atom stereocenters. The molecule has 0 aliphatic carbocycles. The van der Waals surface area contributed by atoms with Gasteiger partial charge in [0.05, 0.1) is 4.90 Å². The molecule has 0 aliphatic rings. The molecular formula is C12H16BrNO4S. The summed E-state index contributed by atoms with van der Waals surface area (Å²) < 4.78 is 27.1. The van der Waals surface area contributed by atoms with Crippen molar-refractivity contribution in [2.45, 2.75) is 31.7 Å². The summed E-state index contributed by atoms with van der Waals surface area (Å²) in [4.78, 5) is 11.2. The van der Waals surface area contributed by atoms with Gasteiger partial charge in [-0.3, -0.25) is 4.79 Å². The van der Waals surface area contributed by atoms with Gasteiger partial charge in [-0.2, -0.15) is 4.72 Å². The predicted molar refractivity (Wildman–Crippen MR) is 75.3 cm³/mol. The lowest BCUT2D eigenvalue weighted by Crippen LogP contribution is -2.48. The van der Waals surface area contributed by atoms with E-state index in [4.69, 9.17) is 5.11 Å². The molecule has 0 bridgehead atoms. The Hall–Kier alpha value is -0.920. The zero-order valence-corrected chi connectivity index (χ0v) is 13.2. The molecule has 0 spiro atoms. The van der Waals surface area contributed by atoms with Crippen LogP contribution in [-0.4, -0.2) is 25.5 Å². The molecule has 0 saturated heterocycles. The monoisotopic (exact) mass is 349 g/mol. The maximum Gasteiger partial charge on any atom is 0.322 e. The van der Waals surface area contributed by atoms with Crippen LogP contribution in [0.2, 0.25) is 0 Å². The van der Waals surface area contributed by atoms with E-state index in [9.17, 15) is 13.2 Å². The Balaban J connectivity index is 3.12. The minimum Gasteiger partial charge on any atom is -0.480 e. The fourth-order valence-electron chi connectivity index (χ4n) is 1.45. The van der Waals surface area contributed by atoms with E-state index in [1.54, 1.807) is 32.9 Å². The van der Waals surface area contributed by atoms with Crippen molar-refractivity contribution < 1.29 is 18.3 Å². The molecule has 1 rings (SSSR count). The Morgan fingerprint density at radius 2 is 1.95 bits per heavy atom. The highest BCUT2D eigenvalue weighted by atomic mass is 79.9. The van der Waals surface area contributed by atoms with Crippen molar-refractivity contribution in [1.82, 2.24) is 4.72 Å². The second kappa shape index (κ2) is 5.60. The molecule has 1 aromatic rings. The molecule has 0 aromatic heterocycles. The van der Waals surface area contributed by atoms with Crippen LogP contribution in [0.25, 0.3) is 0 Å². The number of carboxylic acid groups (broad SMARTS) is 1. The van der Waals surface area contributed by atoms with Crippen LogP contribution in [0.4, 0.5) is 0 Å². The smallest absolute Gasteiger partial charge is 0.322 e. The second-order valence-electron chi connectivity index (χ2n) is 5.22.